The number of hydrogen-bond acceptors (Lipinski definition) is 5. The summed E-state index contributed by atoms with van der Waals surface area (Å²) in [7, 11) is 0. The third kappa shape index (κ3) is 3.30. The lowest BCUT2D eigenvalue weighted by atomic mass is 10.1. The number of halogens is 1. The van der Waals surface area contributed by atoms with Gasteiger partial charge >= 0.3 is 0 Å². The Kier molecular flexibility index (Phi) is 4.29. The summed E-state index contributed by atoms with van der Waals surface area (Å²) in [6.45, 7) is 0. The van der Waals surface area contributed by atoms with Gasteiger partial charge in [0.2, 0.25) is 5.89 Å². The van der Waals surface area contributed by atoms with Gasteiger partial charge in [0.15, 0.2) is 5.58 Å². The number of nitro benzene ring substituents is 1. The number of carbonyl (C=O) groups is 1. The minimum Gasteiger partial charge on any atom is -0.436 e. The van der Waals surface area contributed by atoms with Crippen molar-refractivity contribution in [2.24, 2.45) is 0 Å². The van der Waals surface area contributed by atoms with Gasteiger partial charge in [-0.1, -0.05) is 18.2 Å². The zero-order chi connectivity index (χ0) is 19.7. The van der Waals surface area contributed by atoms with Gasteiger partial charge in [-0.15, -0.1) is 0 Å². The molecule has 0 fully saturated rings. The molecule has 0 atom stereocenters. The first kappa shape index (κ1) is 17.3. The van der Waals surface area contributed by atoms with Crippen LogP contribution < -0.4 is 5.32 Å². The molecule has 1 aromatic heterocycles. The van der Waals surface area contributed by atoms with E-state index in [0.717, 1.165) is 0 Å². The molecule has 28 heavy (non-hydrogen) atoms. The van der Waals surface area contributed by atoms with Crippen LogP contribution in [0.4, 0.5) is 15.8 Å². The summed E-state index contributed by atoms with van der Waals surface area (Å²) >= 11 is 0. The maximum absolute atomic E-state index is 13.4. The fraction of sp³-hybridized carbons (Fsp3) is 0. The zero-order valence-electron chi connectivity index (χ0n) is 14.3. The van der Waals surface area contributed by atoms with Crippen LogP contribution >= 0.6 is 0 Å². The first-order valence-electron chi connectivity index (χ1n) is 8.22. The van der Waals surface area contributed by atoms with Crippen LogP contribution in [0.25, 0.3) is 22.6 Å². The van der Waals surface area contributed by atoms with Gasteiger partial charge in [0.25, 0.3) is 11.6 Å². The summed E-state index contributed by atoms with van der Waals surface area (Å²) in [5.74, 6) is -0.769. The third-order valence-electron chi connectivity index (χ3n) is 4.06. The maximum Gasteiger partial charge on any atom is 0.282 e. The number of anilines is 1. The van der Waals surface area contributed by atoms with Gasteiger partial charge < -0.3 is 9.73 Å². The fourth-order valence-corrected chi connectivity index (χ4v) is 2.77. The Morgan fingerprint density at radius 3 is 2.68 bits per heavy atom. The Morgan fingerprint density at radius 2 is 1.89 bits per heavy atom. The molecule has 4 rings (SSSR count). The van der Waals surface area contributed by atoms with Gasteiger partial charge in [0.1, 0.15) is 16.9 Å². The van der Waals surface area contributed by atoms with Crippen LogP contribution in [0.5, 0.6) is 0 Å². The summed E-state index contributed by atoms with van der Waals surface area (Å²) in [4.78, 5) is 27.2. The van der Waals surface area contributed by atoms with Gasteiger partial charge in [-0.25, -0.2) is 9.37 Å². The number of oxazole rings is 1. The van der Waals surface area contributed by atoms with E-state index >= 15 is 0 Å². The maximum atomic E-state index is 13.4. The van der Waals surface area contributed by atoms with Crippen molar-refractivity contribution in [3.05, 3.63) is 88.2 Å². The first-order chi connectivity index (χ1) is 13.5. The predicted molar refractivity (Wildman–Crippen MR) is 100 cm³/mol. The molecule has 138 valence electrons. The minimum atomic E-state index is -0.611. The van der Waals surface area contributed by atoms with E-state index < -0.39 is 16.6 Å². The van der Waals surface area contributed by atoms with E-state index in [1.54, 1.807) is 36.4 Å². The first-order valence-corrected chi connectivity index (χ1v) is 8.22. The number of amides is 1. The number of para-hydroxylation sites is 1. The van der Waals surface area contributed by atoms with Crippen molar-refractivity contribution in [1.82, 2.24) is 4.98 Å². The quantitative estimate of drug-likeness (QED) is 0.407. The summed E-state index contributed by atoms with van der Waals surface area (Å²) in [6.07, 6.45) is 0. The Morgan fingerprint density at radius 1 is 1.07 bits per heavy atom. The Hall–Kier alpha value is -4.07. The summed E-state index contributed by atoms with van der Waals surface area (Å²) < 4.78 is 19.0. The van der Waals surface area contributed by atoms with Gasteiger partial charge in [-0.05, 0) is 42.5 Å². The van der Waals surface area contributed by atoms with Crippen molar-refractivity contribution >= 4 is 28.4 Å². The van der Waals surface area contributed by atoms with Crippen LogP contribution in [0.1, 0.15) is 10.4 Å². The van der Waals surface area contributed by atoms with Gasteiger partial charge in [-0.2, -0.15) is 0 Å². The molecule has 3 aromatic carbocycles. The van der Waals surface area contributed by atoms with E-state index in [1.165, 1.54) is 30.3 Å². The molecule has 1 N–H and O–H groups in total. The zero-order valence-corrected chi connectivity index (χ0v) is 14.3. The molecule has 7 nitrogen and oxygen atoms in total. The van der Waals surface area contributed by atoms with Crippen LogP contribution in [-0.2, 0) is 0 Å². The second-order valence-electron chi connectivity index (χ2n) is 5.94. The Labute approximate surface area is 157 Å². The number of aromatic nitrogens is 1. The number of carbonyl (C=O) groups excluding carboxylic acids is 1. The second-order valence-corrected chi connectivity index (χ2v) is 5.94. The highest BCUT2D eigenvalue weighted by molar-refractivity contribution is 6.07. The molecule has 0 spiro atoms. The third-order valence-corrected chi connectivity index (χ3v) is 4.06. The van der Waals surface area contributed by atoms with Gasteiger partial charge in [0.05, 0.1) is 4.92 Å². The van der Waals surface area contributed by atoms with Crippen molar-refractivity contribution in [1.29, 1.82) is 0 Å². The van der Waals surface area contributed by atoms with Crippen LogP contribution in [0.2, 0.25) is 0 Å². The summed E-state index contributed by atoms with van der Waals surface area (Å²) in [5.41, 5.74) is 1.48. The van der Waals surface area contributed by atoms with Crippen LogP contribution in [0, 0.1) is 15.9 Å². The molecule has 0 unspecified atom stereocenters. The lowest BCUT2D eigenvalue weighted by Gasteiger charge is -2.05. The largest absolute Gasteiger partial charge is 0.436 e. The van der Waals surface area contributed by atoms with Gasteiger partial charge in [-0.3, -0.25) is 14.9 Å². The van der Waals surface area contributed by atoms with E-state index in [2.05, 4.69) is 10.3 Å². The fourth-order valence-electron chi connectivity index (χ4n) is 2.77. The number of nitrogens with one attached hydrogen (secondary N) is 1. The van der Waals surface area contributed by atoms with Crippen LogP contribution in [0.15, 0.2) is 71.1 Å². The molecule has 0 saturated carbocycles. The normalized spacial score (nSPS) is 10.8. The number of nitro groups is 1. The number of fused-ring (bicyclic) bond motifs is 1. The molecule has 0 aliphatic heterocycles. The van der Waals surface area contributed by atoms with Crippen LogP contribution in [0.3, 0.4) is 0 Å². The smallest absolute Gasteiger partial charge is 0.282 e. The van der Waals surface area contributed by atoms with E-state index in [-0.39, 0.29) is 17.1 Å². The molecular weight excluding hydrogens is 365 g/mol. The average Bonchev–Trinajstić information content (AvgIpc) is 3.11. The number of benzene rings is 3. The monoisotopic (exact) mass is 377 g/mol. The molecule has 0 saturated heterocycles. The van der Waals surface area contributed by atoms with Crippen LogP contribution in [-0.4, -0.2) is 15.8 Å². The van der Waals surface area contributed by atoms with E-state index in [9.17, 15) is 19.3 Å². The molecule has 0 aliphatic rings. The molecule has 8 heteroatoms. The van der Waals surface area contributed by atoms with E-state index in [4.69, 9.17) is 4.42 Å². The lowest BCUT2D eigenvalue weighted by molar-refractivity contribution is -0.385. The van der Waals surface area contributed by atoms with Crippen molar-refractivity contribution in [2.75, 3.05) is 5.32 Å². The van der Waals surface area contributed by atoms with Crippen molar-refractivity contribution in [3.8, 4) is 11.5 Å². The molecule has 1 heterocycles. The summed E-state index contributed by atoms with van der Waals surface area (Å²) in [5, 5.41) is 13.7. The Bertz CT molecular complexity index is 1220. The standard InChI is InChI=1S/C20H12FN3O4/c21-13-5-3-4-12(10-13)20-23-16-11-14(8-9-18(16)28-20)22-19(25)15-6-1-2-7-17(15)24(26)27/h1-11H,(H,22,25). The minimum absolute atomic E-state index is 0.0480. The Balaban J connectivity index is 1.64. The average molecular weight is 377 g/mol. The molecule has 0 aliphatic carbocycles. The van der Waals surface area contributed by atoms with Crippen molar-refractivity contribution in [2.45, 2.75) is 0 Å². The van der Waals surface area contributed by atoms with Gasteiger partial charge in [0, 0.05) is 17.3 Å². The van der Waals surface area contributed by atoms with Crippen molar-refractivity contribution < 1.29 is 18.5 Å². The lowest BCUT2D eigenvalue weighted by Crippen LogP contribution is -2.13. The number of hydrogen-bond donors (Lipinski definition) is 1. The predicted octanol–water partition coefficient (Wildman–Crippen LogP) is 4.79. The topological polar surface area (TPSA) is 98.3 Å². The number of rotatable bonds is 4. The van der Waals surface area contributed by atoms with Crippen molar-refractivity contribution in [3.63, 3.8) is 0 Å². The summed E-state index contributed by atoms with van der Waals surface area (Å²) in [6, 6.07) is 16.3. The highest BCUT2D eigenvalue weighted by atomic mass is 19.1. The molecule has 1 amide bonds. The molecule has 4 aromatic rings. The van der Waals surface area contributed by atoms with E-state index in [1.807, 2.05) is 0 Å². The molecule has 0 radical (unpaired) electrons. The number of nitrogens with zero attached hydrogens (tertiary/aromatic N) is 2. The second kappa shape index (κ2) is 6.92. The highest BCUT2D eigenvalue weighted by Gasteiger charge is 2.19. The molecular formula is C20H12FN3O4. The SMILES string of the molecule is O=C(Nc1ccc2oc(-c3cccc(F)c3)nc2c1)c1ccccc1[N+](=O)[O-]. The molecule has 0 bridgehead atoms. The highest BCUT2D eigenvalue weighted by Crippen LogP contribution is 2.27. The van der Waals surface area contributed by atoms with E-state index in [0.29, 0.717) is 22.4 Å².